The number of phenolic OH excluding ortho intramolecular Hbond substituents is 1. The van der Waals surface area contributed by atoms with Gasteiger partial charge in [0, 0.05) is 17.3 Å². The molecule has 72 valence electrons. The van der Waals surface area contributed by atoms with Crippen molar-refractivity contribution in [1.29, 1.82) is 0 Å². The molecular formula is C10H10N2O2. The molecule has 1 aromatic carbocycles. The smallest absolute Gasteiger partial charge is 0.125 e. The van der Waals surface area contributed by atoms with Crippen molar-refractivity contribution >= 4 is 16.6 Å². The van der Waals surface area contributed by atoms with E-state index in [2.05, 4.69) is 10.1 Å². The first-order chi connectivity index (χ1) is 6.74. The Morgan fingerprint density at radius 2 is 2.21 bits per heavy atom. The number of H-pyrrole nitrogens is 1. The molecule has 0 unspecified atom stereocenters. The van der Waals surface area contributed by atoms with Crippen LogP contribution in [-0.2, 0) is 0 Å². The molecule has 0 bridgehead atoms. The molecular weight excluding hydrogens is 180 g/mol. The van der Waals surface area contributed by atoms with Crippen molar-refractivity contribution in [2.24, 2.45) is 5.16 Å². The number of aromatic amines is 1. The third kappa shape index (κ3) is 1.12. The van der Waals surface area contributed by atoms with Crippen LogP contribution >= 0.6 is 0 Å². The van der Waals surface area contributed by atoms with Gasteiger partial charge in [-0.05, 0) is 19.1 Å². The molecule has 0 saturated heterocycles. The largest absolute Gasteiger partial charge is 0.507 e. The second-order valence-corrected chi connectivity index (χ2v) is 3.09. The molecule has 1 heterocycles. The van der Waals surface area contributed by atoms with Crippen molar-refractivity contribution in [3.05, 3.63) is 30.0 Å². The highest BCUT2D eigenvalue weighted by molar-refractivity contribution is 6.11. The average Bonchev–Trinajstić information content (AvgIpc) is 2.62. The van der Waals surface area contributed by atoms with Crippen LogP contribution in [0.2, 0.25) is 0 Å². The van der Waals surface area contributed by atoms with E-state index < -0.39 is 0 Å². The topological polar surface area (TPSA) is 68.6 Å². The van der Waals surface area contributed by atoms with Crippen LogP contribution in [0.1, 0.15) is 12.5 Å². The van der Waals surface area contributed by atoms with Crippen LogP contribution in [0.25, 0.3) is 10.9 Å². The fourth-order valence-corrected chi connectivity index (χ4v) is 1.50. The lowest BCUT2D eigenvalue weighted by molar-refractivity contribution is 0.319. The van der Waals surface area contributed by atoms with Crippen LogP contribution in [0.15, 0.2) is 29.6 Å². The van der Waals surface area contributed by atoms with Crippen LogP contribution in [-0.4, -0.2) is 21.0 Å². The highest BCUT2D eigenvalue weighted by atomic mass is 16.4. The number of nitrogens with zero attached hydrogens (tertiary/aromatic N) is 1. The molecule has 4 heteroatoms. The molecule has 0 fully saturated rings. The number of benzene rings is 1. The highest BCUT2D eigenvalue weighted by Gasteiger charge is 2.09. The Labute approximate surface area is 80.5 Å². The van der Waals surface area contributed by atoms with Crippen LogP contribution in [0.4, 0.5) is 0 Å². The normalized spacial score (nSPS) is 12.2. The van der Waals surface area contributed by atoms with Crippen LogP contribution in [0, 0.1) is 0 Å². The third-order valence-corrected chi connectivity index (χ3v) is 2.22. The molecule has 0 saturated carbocycles. The molecule has 1 aromatic heterocycles. The Hall–Kier alpha value is -1.97. The minimum absolute atomic E-state index is 0.182. The predicted molar refractivity (Wildman–Crippen MR) is 54.0 cm³/mol. The van der Waals surface area contributed by atoms with E-state index >= 15 is 0 Å². The van der Waals surface area contributed by atoms with Gasteiger partial charge in [-0.15, -0.1) is 0 Å². The van der Waals surface area contributed by atoms with Crippen molar-refractivity contribution < 1.29 is 10.3 Å². The van der Waals surface area contributed by atoms with Gasteiger partial charge >= 0.3 is 0 Å². The van der Waals surface area contributed by atoms with Crippen molar-refractivity contribution in [2.75, 3.05) is 0 Å². The van der Waals surface area contributed by atoms with Gasteiger partial charge in [-0.25, -0.2) is 0 Å². The lowest BCUT2D eigenvalue weighted by Crippen LogP contribution is -1.91. The number of fused-ring (bicyclic) bond motifs is 1. The minimum Gasteiger partial charge on any atom is -0.507 e. The van der Waals surface area contributed by atoms with Crippen LogP contribution in [0.3, 0.4) is 0 Å². The first-order valence-electron chi connectivity index (χ1n) is 4.22. The quantitative estimate of drug-likeness (QED) is 0.366. The van der Waals surface area contributed by atoms with E-state index in [-0.39, 0.29) is 5.75 Å². The monoisotopic (exact) mass is 190 g/mol. The summed E-state index contributed by atoms with van der Waals surface area (Å²) in [7, 11) is 0. The van der Waals surface area contributed by atoms with Gasteiger partial charge in [0.25, 0.3) is 0 Å². The van der Waals surface area contributed by atoms with Gasteiger partial charge in [-0.2, -0.15) is 0 Å². The SMILES string of the molecule is CC(=NO)c1c[nH]c2cccc(O)c12. The first kappa shape index (κ1) is 8.62. The third-order valence-electron chi connectivity index (χ3n) is 2.22. The second-order valence-electron chi connectivity index (χ2n) is 3.09. The summed E-state index contributed by atoms with van der Waals surface area (Å²) >= 11 is 0. The van der Waals surface area contributed by atoms with E-state index in [0.717, 1.165) is 5.52 Å². The number of hydrogen-bond acceptors (Lipinski definition) is 3. The fraction of sp³-hybridized carbons (Fsp3) is 0.100. The summed E-state index contributed by atoms with van der Waals surface area (Å²) in [5.74, 6) is 0.182. The predicted octanol–water partition coefficient (Wildman–Crippen LogP) is 2.07. The number of hydrogen-bond donors (Lipinski definition) is 3. The maximum absolute atomic E-state index is 9.63. The zero-order valence-corrected chi connectivity index (χ0v) is 7.65. The zero-order valence-electron chi connectivity index (χ0n) is 7.65. The highest BCUT2D eigenvalue weighted by Crippen LogP contribution is 2.27. The standard InChI is InChI=1S/C10H10N2O2/c1-6(12-14)7-5-11-8-3-2-4-9(13)10(7)8/h2-5,11,13-14H,1H3. The maximum Gasteiger partial charge on any atom is 0.125 e. The molecule has 0 spiro atoms. The van der Waals surface area contributed by atoms with Gasteiger partial charge in [0.2, 0.25) is 0 Å². The van der Waals surface area contributed by atoms with Gasteiger partial charge < -0.3 is 15.3 Å². The Balaban J connectivity index is 2.80. The van der Waals surface area contributed by atoms with E-state index in [0.29, 0.717) is 16.7 Å². The number of oxime groups is 1. The number of aromatic hydroxyl groups is 1. The van der Waals surface area contributed by atoms with Gasteiger partial charge in [0.15, 0.2) is 0 Å². The molecule has 2 aromatic rings. The van der Waals surface area contributed by atoms with Gasteiger partial charge in [0.1, 0.15) is 5.75 Å². The minimum atomic E-state index is 0.182. The van der Waals surface area contributed by atoms with E-state index in [1.807, 2.05) is 6.07 Å². The van der Waals surface area contributed by atoms with Crippen molar-refractivity contribution in [3.63, 3.8) is 0 Å². The second kappa shape index (κ2) is 3.06. The summed E-state index contributed by atoms with van der Waals surface area (Å²) in [6, 6.07) is 5.21. The van der Waals surface area contributed by atoms with Crippen molar-refractivity contribution in [1.82, 2.24) is 4.98 Å². The molecule has 0 aliphatic carbocycles. The van der Waals surface area contributed by atoms with E-state index in [1.165, 1.54) is 0 Å². The Morgan fingerprint density at radius 1 is 1.43 bits per heavy atom. The fourth-order valence-electron chi connectivity index (χ4n) is 1.50. The molecule has 2 rings (SSSR count). The summed E-state index contributed by atoms with van der Waals surface area (Å²) in [6.45, 7) is 1.68. The van der Waals surface area contributed by atoms with Gasteiger partial charge in [-0.1, -0.05) is 11.2 Å². The molecule has 0 atom stereocenters. The molecule has 3 N–H and O–H groups in total. The Kier molecular flexibility index (Phi) is 1.89. The van der Waals surface area contributed by atoms with Crippen LogP contribution < -0.4 is 0 Å². The van der Waals surface area contributed by atoms with Crippen molar-refractivity contribution in [3.8, 4) is 5.75 Å². The maximum atomic E-state index is 9.63. The van der Waals surface area contributed by atoms with Gasteiger partial charge in [-0.3, -0.25) is 0 Å². The Morgan fingerprint density at radius 3 is 2.93 bits per heavy atom. The average molecular weight is 190 g/mol. The molecule has 0 aliphatic rings. The summed E-state index contributed by atoms with van der Waals surface area (Å²) in [4.78, 5) is 2.99. The first-order valence-corrected chi connectivity index (χ1v) is 4.22. The summed E-state index contributed by atoms with van der Waals surface area (Å²) < 4.78 is 0. The Bertz CT molecular complexity index is 500. The van der Waals surface area contributed by atoms with E-state index in [4.69, 9.17) is 5.21 Å². The summed E-state index contributed by atoms with van der Waals surface area (Å²) in [5, 5.41) is 22.1. The molecule has 4 nitrogen and oxygen atoms in total. The number of rotatable bonds is 1. The lowest BCUT2D eigenvalue weighted by atomic mass is 10.1. The molecule has 14 heavy (non-hydrogen) atoms. The molecule has 0 aliphatic heterocycles. The summed E-state index contributed by atoms with van der Waals surface area (Å²) in [6.07, 6.45) is 1.71. The summed E-state index contributed by atoms with van der Waals surface area (Å²) in [5.41, 5.74) is 2.00. The van der Waals surface area contributed by atoms with E-state index in [1.54, 1.807) is 25.3 Å². The lowest BCUT2D eigenvalue weighted by Gasteiger charge is -1.98. The number of nitrogens with one attached hydrogen (secondary N) is 1. The molecule has 0 amide bonds. The van der Waals surface area contributed by atoms with Gasteiger partial charge in [0.05, 0.1) is 11.1 Å². The molecule has 0 radical (unpaired) electrons. The van der Waals surface area contributed by atoms with Crippen molar-refractivity contribution in [2.45, 2.75) is 6.92 Å². The van der Waals surface area contributed by atoms with E-state index in [9.17, 15) is 5.11 Å². The van der Waals surface area contributed by atoms with Crippen LogP contribution in [0.5, 0.6) is 5.75 Å². The number of phenols is 1. The zero-order chi connectivity index (χ0) is 10.1. The number of aromatic nitrogens is 1.